The highest BCUT2D eigenvalue weighted by atomic mass is 79.9. The minimum atomic E-state index is -0.273. The van der Waals surface area contributed by atoms with E-state index in [2.05, 4.69) is 27.3 Å². The number of anilines is 1. The van der Waals surface area contributed by atoms with Crippen molar-refractivity contribution < 1.29 is 5.11 Å². The summed E-state index contributed by atoms with van der Waals surface area (Å²) in [6, 6.07) is 7.72. The Labute approximate surface area is 104 Å². The van der Waals surface area contributed by atoms with E-state index in [0.717, 1.165) is 16.6 Å². The van der Waals surface area contributed by atoms with E-state index >= 15 is 0 Å². The lowest BCUT2D eigenvalue weighted by Gasteiger charge is -2.11. The molecule has 4 heteroatoms. The molecule has 0 spiro atoms. The van der Waals surface area contributed by atoms with E-state index in [9.17, 15) is 5.11 Å². The quantitative estimate of drug-likeness (QED) is 0.873. The van der Waals surface area contributed by atoms with Gasteiger partial charge in [-0.15, -0.1) is 0 Å². The fraction of sp³-hybridized carbons (Fsp3) is 0.417. The van der Waals surface area contributed by atoms with Crippen molar-refractivity contribution in [2.45, 2.75) is 25.9 Å². The van der Waals surface area contributed by atoms with E-state index in [1.165, 1.54) is 0 Å². The largest absolute Gasteiger partial charge is 0.393 e. The van der Waals surface area contributed by atoms with Crippen LogP contribution < -0.4 is 5.32 Å². The van der Waals surface area contributed by atoms with Crippen molar-refractivity contribution >= 4 is 21.6 Å². The third kappa shape index (κ3) is 3.51. The topological polar surface area (TPSA) is 56.0 Å². The average molecular weight is 283 g/mol. The Morgan fingerprint density at radius 3 is 2.94 bits per heavy atom. The number of aliphatic hydroxyl groups is 1. The van der Waals surface area contributed by atoms with E-state index in [-0.39, 0.29) is 6.10 Å². The summed E-state index contributed by atoms with van der Waals surface area (Å²) in [5.74, 6) is 0. The smallest absolute Gasteiger partial charge is 0.103 e. The van der Waals surface area contributed by atoms with Gasteiger partial charge in [0.15, 0.2) is 0 Å². The molecule has 0 aromatic heterocycles. The van der Waals surface area contributed by atoms with Gasteiger partial charge in [0.1, 0.15) is 6.07 Å². The lowest BCUT2D eigenvalue weighted by molar-refractivity contribution is 0.164. The van der Waals surface area contributed by atoms with E-state index in [1.807, 2.05) is 25.1 Å². The maximum atomic E-state index is 9.40. The van der Waals surface area contributed by atoms with Gasteiger partial charge in [-0.2, -0.15) is 5.26 Å². The van der Waals surface area contributed by atoms with Crippen LogP contribution in [-0.2, 0) is 0 Å². The maximum Gasteiger partial charge on any atom is 0.103 e. The Bertz CT molecular complexity index is 387. The van der Waals surface area contributed by atoms with E-state index in [1.54, 1.807) is 0 Å². The number of nitriles is 1. The normalized spacial score (nSPS) is 11.9. The second kappa shape index (κ2) is 6.51. The van der Waals surface area contributed by atoms with Crippen LogP contribution >= 0.6 is 15.9 Å². The molecule has 3 nitrogen and oxygen atoms in total. The molecule has 0 amide bonds. The van der Waals surface area contributed by atoms with Crippen LogP contribution in [0, 0.1) is 11.3 Å². The van der Waals surface area contributed by atoms with Crippen LogP contribution in [0.2, 0.25) is 0 Å². The first-order chi connectivity index (χ1) is 7.69. The highest BCUT2D eigenvalue weighted by Crippen LogP contribution is 2.23. The van der Waals surface area contributed by atoms with Gasteiger partial charge in [0.2, 0.25) is 0 Å². The van der Waals surface area contributed by atoms with Crippen molar-refractivity contribution in [2.75, 3.05) is 11.9 Å². The van der Waals surface area contributed by atoms with Gasteiger partial charge >= 0.3 is 0 Å². The summed E-state index contributed by atoms with van der Waals surface area (Å²) in [5.41, 5.74) is 1.41. The van der Waals surface area contributed by atoms with E-state index in [4.69, 9.17) is 5.26 Å². The molecule has 0 aliphatic carbocycles. The van der Waals surface area contributed by atoms with Crippen LogP contribution in [0.4, 0.5) is 5.69 Å². The fourth-order valence-electron chi connectivity index (χ4n) is 1.36. The van der Waals surface area contributed by atoms with Gasteiger partial charge in [-0.05, 0) is 40.9 Å². The summed E-state index contributed by atoms with van der Waals surface area (Å²) in [6.45, 7) is 2.62. The van der Waals surface area contributed by atoms with Crippen LogP contribution in [0.3, 0.4) is 0 Å². The van der Waals surface area contributed by atoms with Crippen LogP contribution in [0.1, 0.15) is 25.3 Å². The highest BCUT2D eigenvalue weighted by molar-refractivity contribution is 9.10. The summed E-state index contributed by atoms with van der Waals surface area (Å²) in [7, 11) is 0. The number of nitrogens with one attached hydrogen (secondary N) is 1. The number of hydrogen-bond acceptors (Lipinski definition) is 3. The lowest BCUT2D eigenvalue weighted by Crippen LogP contribution is -2.12. The van der Waals surface area contributed by atoms with Crippen LogP contribution in [-0.4, -0.2) is 17.8 Å². The Kier molecular flexibility index (Phi) is 5.30. The maximum absolute atomic E-state index is 9.40. The molecule has 0 saturated carbocycles. The van der Waals surface area contributed by atoms with E-state index < -0.39 is 0 Å². The number of benzene rings is 1. The molecule has 1 rings (SSSR count). The van der Waals surface area contributed by atoms with Crippen molar-refractivity contribution in [1.82, 2.24) is 0 Å². The molecule has 0 aliphatic rings. The Morgan fingerprint density at radius 2 is 2.31 bits per heavy atom. The molecular weight excluding hydrogens is 268 g/mol. The molecule has 0 bridgehead atoms. The van der Waals surface area contributed by atoms with Crippen molar-refractivity contribution in [2.24, 2.45) is 0 Å². The number of aliphatic hydroxyl groups excluding tert-OH is 1. The zero-order valence-electron chi connectivity index (χ0n) is 9.20. The Morgan fingerprint density at radius 1 is 1.56 bits per heavy atom. The molecule has 0 saturated heterocycles. The SMILES string of the molecule is CCC(O)CCNc1cccc(Br)c1C#N. The van der Waals surface area contributed by atoms with Crippen molar-refractivity contribution in [1.29, 1.82) is 5.26 Å². The number of hydrogen-bond donors (Lipinski definition) is 2. The summed E-state index contributed by atoms with van der Waals surface area (Å²) >= 11 is 3.33. The number of rotatable bonds is 5. The molecule has 16 heavy (non-hydrogen) atoms. The molecule has 86 valence electrons. The summed E-state index contributed by atoms with van der Waals surface area (Å²) in [5, 5.41) is 21.5. The first-order valence-electron chi connectivity index (χ1n) is 5.29. The number of nitrogens with zero attached hydrogens (tertiary/aromatic N) is 1. The minimum absolute atomic E-state index is 0.273. The molecule has 2 N–H and O–H groups in total. The fourth-order valence-corrected chi connectivity index (χ4v) is 1.82. The van der Waals surface area contributed by atoms with Gasteiger partial charge in [-0.3, -0.25) is 0 Å². The van der Waals surface area contributed by atoms with Gasteiger partial charge in [-0.1, -0.05) is 13.0 Å². The molecule has 1 aromatic carbocycles. The Hall–Kier alpha value is -1.05. The molecule has 0 radical (unpaired) electrons. The van der Waals surface area contributed by atoms with Gasteiger partial charge in [-0.25, -0.2) is 0 Å². The molecule has 1 aromatic rings. The molecular formula is C12H15BrN2O. The van der Waals surface area contributed by atoms with Crippen molar-refractivity contribution in [3.63, 3.8) is 0 Å². The first kappa shape index (κ1) is 13.0. The summed E-state index contributed by atoms with van der Waals surface area (Å²) < 4.78 is 0.788. The summed E-state index contributed by atoms with van der Waals surface area (Å²) in [4.78, 5) is 0. The second-order valence-corrected chi connectivity index (χ2v) is 4.41. The van der Waals surface area contributed by atoms with Crippen LogP contribution in [0.25, 0.3) is 0 Å². The molecule has 0 heterocycles. The standard InChI is InChI=1S/C12H15BrN2O/c1-2-9(16)6-7-15-12-5-3-4-11(13)10(12)8-14/h3-5,9,15-16H,2,6-7H2,1H3. The molecule has 1 atom stereocenters. The third-order valence-corrected chi connectivity index (χ3v) is 3.05. The van der Waals surface area contributed by atoms with Crippen LogP contribution in [0.5, 0.6) is 0 Å². The van der Waals surface area contributed by atoms with Crippen molar-refractivity contribution in [3.05, 3.63) is 28.2 Å². The third-order valence-electron chi connectivity index (χ3n) is 2.39. The molecule has 0 aliphatic heterocycles. The summed E-state index contributed by atoms with van der Waals surface area (Å²) in [6.07, 6.45) is 1.17. The van der Waals surface area contributed by atoms with Gasteiger partial charge < -0.3 is 10.4 Å². The van der Waals surface area contributed by atoms with Gasteiger partial charge in [0.05, 0.1) is 17.4 Å². The van der Waals surface area contributed by atoms with Crippen molar-refractivity contribution in [3.8, 4) is 6.07 Å². The second-order valence-electron chi connectivity index (χ2n) is 3.55. The first-order valence-corrected chi connectivity index (χ1v) is 6.08. The van der Waals surface area contributed by atoms with Crippen LogP contribution in [0.15, 0.2) is 22.7 Å². The lowest BCUT2D eigenvalue weighted by atomic mass is 10.1. The minimum Gasteiger partial charge on any atom is -0.393 e. The molecule has 1 unspecified atom stereocenters. The van der Waals surface area contributed by atoms with E-state index in [0.29, 0.717) is 18.5 Å². The zero-order chi connectivity index (χ0) is 12.0. The Balaban J connectivity index is 2.61. The monoisotopic (exact) mass is 282 g/mol. The predicted octanol–water partition coefficient (Wildman–Crippen LogP) is 2.89. The molecule has 0 fully saturated rings. The number of halogens is 1. The highest BCUT2D eigenvalue weighted by Gasteiger charge is 2.06. The van der Waals surface area contributed by atoms with Gasteiger partial charge in [0.25, 0.3) is 0 Å². The predicted molar refractivity (Wildman–Crippen MR) is 68.3 cm³/mol. The average Bonchev–Trinajstić information content (AvgIpc) is 2.29. The van der Waals surface area contributed by atoms with Gasteiger partial charge in [0, 0.05) is 11.0 Å². The zero-order valence-corrected chi connectivity index (χ0v) is 10.8.